The first-order valence-corrected chi connectivity index (χ1v) is 9.54. The van der Waals surface area contributed by atoms with Gasteiger partial charge < -0.3 is 25.2 Å². The van der Waals surface area contributed by atoms with Crippen LogP contribution >= 0.6 is 0 Å². The molecule has 3 N–H and O–H groups in total. The summed E-state index contributed by atoms with van der Waals surface area (Å²) in [7, 11) is 0. The fourth-order valence-corrected chi connectivity index (χ4v) is 3.35. The molecule has 1 fully saturated rings. The molecular formula is C21H21N3O6. The number of aromatic hydroxyl groups is 1. The third-order valence-electron chi connectivity index (χ3n) is 4.95. The van der Waals surface area contributed by atoms with Crippen LogP contribution in [0.2, 0.25) is 0 Å². The van der Waals surface area contributed by atoms with Crippen molar-refractivity contribution >= 4 is 17.8 Å². The van der Waals surface area contributed by atoms with Gasteiger partial charge in [0.25, 0.3) is 5.91 Å². The molecule has 2 aromatic carbocycles. The lowest BCUT2D eigenvalue weighted by atomic mass is 10.1. The normalized spacial score (nSPS) is 17.2. The Bertz CT molecular complexity index is 975. The minimum absolute atomic E-state index is 0.0836. The zero-order chi connectivity index (χ0) is 21.1. The first-order valence-electron chi connectivity index (χ1n) is 9.54. The van der Waals surface area contributed by atoms with Crippen molar-refractivity contribution in [3.05, 3.63) is 53.6 Å². The Morgan fingerprint density at radius 1 is 1.10 bits per heavy atom. The maximum atomic E-state index is 12.6. The van der Waals surface area contributed by atoms with Crippen LogP contribution in [-0.2, 0) is 22.6 Å². The molecule has 0 unspecified atom stereocenters. The molecule has 2 aliphatic heterocycles. The Morgan fingerprint density at radius 2 is 1.83 bits per heavy atom. The van der Waals surface area contributed by atoms with Crippen LogP contribution in [0.3, 0.4) is 0 Å². The third-order valence-corrected chi connectivity index (χ3v) is 4.95. The molecule has 156 valence electrons. The smallest absolute Gasteiger partial charge is 0.325 e. The first-order chi connectivity index (χ1) is 14.5. The number of ether oxygens (including phenoxy) is 2. The van der Waals surface area contributed by atoms with Gasteiger partial charge in [0.2, 0.25) is 12.7 Å². The number of benzene rings is 2. The number of phenols is 1. The van der Waals surface area contributed by atoms with Crippen molar-refractivity contribution < 1.29 is 29.0 Å². The van der Waals surface area contributed by atoms with Gasteiger partial charge in [0, 0.05) is 6.54 Å². The quantitative estimate of drug-likeness (QED) is 0.591. The van der Waals surface area contributed by atoms with Crippen molar-refractivity contribution in [2.45, 2.75) is 25.4 Å². The van der Waals surface area contributed by atoms with Crippen LogP contribution in [0.15, 0.2) is 42.5 Å². The monoisotopic (exact) mass is 411 g/mol. The van der Waals surface area contributed by atoms with E-state index in [-0.39, 0.29) is 31.4 Å². The lowest BCUT2D eigenvalue weighted by Gasteiger charge is -2.13. The molecule has 1 atom stereocenters. The highest BCUT2D eigenvalue weighted by molar-refractivity contribution is 6.05. The number of urea groups is 1. The van der Waals surface area contributed by atoms with E-state index in [0.29, 0.717) is 24.5 Å². The van der Waals surface area contributed by atoms with Gasteiger partial charge >= 0.3 is 6.03 Å². The predicted octanol–water partition coefficient (Wildman–Crippen LogP) is 1.29. The van der Waals surface area contributed by atoms with Crippen LogP contribution in [0.1, 0.15) is 17.5 Å². The molecule has 2 heterocycles. The second-order valence-electron chi connectivity index (χ2n) is 7.08. The number of hydrogen-bond acceptors (Lipinski definition) is 6. The molecule has 4 amide bonds. The van der Waals surface area contributed by atoms with Gasteiger partial charge in [-0.25, -0.2) is 4.79 Å². The number of fused-ring (bicyclic) bond motifs is 1. The Labute approximate surface area is 172 Å². The molecule has 9 nitrogen and oxygen atoms in total. The summed E-state index contributed by atoms with van der Waals surface area (Å²) in [5.74, 6) is 0.620. The molecule has 30 heavy (non-hydrogen) atoms. The number of nitrogens with zero attached hydrogens (tertiary/aromatic N) is 1. The maximum Gasteiger partial charge on any atom is 0.325 e. The van der Waals surface area contributed by atoms with Crippen LogP contribution in [0.5, 0.6) is 17.2 Å². The van der Waals surface area contributed by atoms with E-state index in [0.717, 1.165) is 16.0 Å². The van der Waals surface area contributed by atoms with E-state index in [1.54, 1.807) is 42.5 Å². The molecule has 0 spiro atoms. The number of hydrogen-bond donors (Lipinski definition) is 3. The number of phenolic OH excluding ortho intramolecular Hbond substituents is 1. The lowest BCUT2D eigenvalue weighted by Crippen LogP contribution is -2.37. The number of nitrogens with one attached hydrogen (secondary N) is 2. The van der Waals surface area contributed by atoms with Crippen molar-refractivity contribution in [3.63, 3.8) is 0 Å². The topological polar surface area (TPSA) is 117 Å². The molecule has 1 saturated heterocycles. The van der Waals surface area contributed by atoms with E-state index in [1.165, 1.54) is 0 Å². The highest BCUT2D eigenvalue weighted by Crippen LogP contribution is 2.33. The third kappa shape index (κ3) is 4.29. The highest BCUT2D eigenvalue weighted by atomic mass is 16.7. The van der Waals surface area contributed by atoms with Crippen molar-refractivity contribution in [1.29, 1.82) is 0 Å². The first kappa shape index (κ1) is 19.6. The summed E-state index contributed by atoms with van der Waals surface area (Å²) in [5.41, 5.74) is 1.69. The van der Waals surface area contributed by atoms with Crippen molar-refractivity contribution in [2.24, 2.45) is 0 Å². The molecule has 0 aliphatic carbocycles. The van der Waals surface area contributed by atoms with Gasteiger partial charge in [0.1, 0.15) is 11.8 Å². The average molecular weight is 411 g/mol. The summed E-state index contributed by atoms with van der Waals surface area (Å²) in [6, 6.07) is 10.5. The molecule has 4 rings (SSSR count). The Hall–Kier alpha value is -3.75. The van der Waals surface area contributed by atoms with Crippen LogP contribution in [0.25, 0.3) is 0 Å². The SMILES string of the molecule is O=C(C[C@@H]1NC(=O)N(Cc2ccc3c(c2)OCO3)C1=O)NCCc1ccc(O)cc1. The van der Waals surface area contributed by atoms with Gasteiger partial charge in [-0.1, -0.05) is 18.2 Å². The molecule has 0 saturated carbocycles. The standard InChI is InChI=1S/C21H21N3O6/c25-15-4-1-13(2-5-15)7-8-22-19(26)10-16-20(27)24(21(28)23-16)11-14-3-6-17-18(9-14)30-12-29-17/h1-6,9,16,25H,7-8,10-12H2,(H,22,26)(H,23,28)/t16-/m0/s1. The molecule has 0 radical (unpaired) electrons. The largest absolute Gasteiger partial charge is 0.508 e. The Kier molecular flexibility index (Phi) is 5.42. The fourth-order valence-electron chi connectivity index (χ4n) is 3.35. The minimum atomic E-state index is -0.889. The number of carbonyl (C=O) groups excluding carboxylic acids is 3. The summed E-state index contributed by atoms with van der Waals surface area (Å²) in [6.07, 6.45) is 0.463. The van der Waals surface area contributed by atoms with E-state index < -0.39 is 18.0 Å². The molecule has 2 aromatic rings. The second kappa shape index (κ2) is 8.32. The summed E-state index contributed by atoms with van der Waals surface area (Å²) < 4.78 is 10.6. The molecule has 0 aromatic heterocycles. The van der Waals surface area contributed by atoms with Crippen molar-refractivity contribution in [2.75, 3.05) is 13.3 Å². The van der Waals surface area contributed by atoms with Gasteiger partial charge in [0.15, 0.2) is 11.5 Å². The Balaban J connectivity index is 1.28. The summed E-state index contributed by atoms with van der Waals surface area (Å²) >= 11 is 0. The summed E-state index contributed by atoms with van der Waals surface area (Å²) in [5, 5.41) is 14.6. The molecule has 2 aliphatic rings. The summed E-state index contributed by atoms with van der Waals surface area (Å²) in [6.45, 7) is 0.617. The molecule has 9 heteroatoms. The molecule has 0 bridgehead atoms. The van der Waals surface area contributed by atoms with Gasteiger partial charge in [-0.05, 0) is 41.8 Å². The van der Waals surface area contributed by atoms with Crippen LogP contribution in [0, 0.1) is 0 Å². The highest BCUT2D eigenvalue weighted by Gasteiger charge is 2.39. The fraction of sp³-hybridized carbons (Fsp3) is 0.286. The van der Waals surface area contributed by atoms with Crippen molar-refractivity contribution in [1.82, 2.24) is 15.5 Å². The number of rotatable bonds is 7. The number of imide groups is 1. The number of carbonyl (C=O) groups is 3. The van der Waals surface area contributed by atoms with E-state index in [9.17, 15) is 19.5 Å². The molecular weight excluding hydrogens is 390 g/mol. The van der Waals surface area contributed by atoms with Crippen molar-refractivity contribution in [3.8, 4) is 17.2 Å². The second-order valence-corrected chi connectivity index (χ2v) is 7.08. The number of amides is 4. The average Bonchev–Trinajstić information content (AvgIpc) is 3.29. The van der Waals surface area contributed by atoms with Gasteiger partial charge in [-0.2, -0.15) is 0 Å². The predicted molar refractivity (Wildman–Crippen MR) is 105 cm³/mol. The van der Waals surface area contributed by atoms with Crippen LogP contribution < -0.4 is 20.1 Å². The van der Waals surface area contributed by atoms with Crippen LogP contribution in [0.4, 0.5) is 4.79 Å². The maximum absolute atomic E-state index is 12.6. The van der Waals surface area contributed by atoms with Gasteiger partial charge in [-0.3, -0.25) is 14.5 Å². The van der Waals surface area contributed by atoms with Crippen LogP contribution in [-0.4, -0.2) is 47.2 Å². The van der Waals surface area contributed by atoms with E-state index >= 15 is 0 Å². The minimum Gasteiger partial charge on any atom is -0.508 e. The van der Waals surface area contributed by atoms with E-state index in [1.807, 2.05) is 0 Å². The van der Waals surface area contributed by atoms with Gasteiger partial charge in [0.05, 0.1) is 13.0 Å². The Morgan fingerprint density at radius 3 is 2.63 bits per heavy atom. The van der Waals surface area contributed by atoms with Gasteiger partial charge in [-0.15, -0.1) is 0 Å². The zero-order valence-corrected chi connectivity index (χ0v) is 16.1. The van der Waals surface area contributed by atoms with E-state index in [4.69, 9.17) is 9.47 Å². The van der Waals surface area contributed by atoms with E-state index in [2.05, 4.69) is 10.6 Å². The summed E-state index contributed by atoms with van der Waals surface area (Å²) in [4.78, 5) is 38.1. The zero-order valence-electron chi connectivity index (χ0n) is 16.1. The lowest BCUT2D eigenvalue weighted by molar-refractivity contribution is -0.131.